The Morgan fingerprint density at radius 2 is 1.57 bits per heavy atom. The third-order valence-electron chi connectivity index (χ3n) is 6.57. The minimum Gasteiger partial charge on any atom is -0.350 e. The minimum atomic E-state index is -4.11. The molecule has 0 aromatic heterocycles. The Labute approximate surface area is 246 Å². The van der Waals surface area contributed by atoms with Gasteiger partial charge in [-0.15, -0.1) is 0 Å². The number of nitrogens with one attached hydrogen (secondary N) is 1. The monoisotopic (exact) mass is 627 g/mol. The summed E-state index contributed by atoms with van der Waals surface area (Å²) in [5.41, 5.74) is 3.51. The molecule has 0 fully saturated rings. The fourth-order valence-corrected chi connectivity index (χ4v) is 5.99. The van der Waals surface area contributed by atoms with Crippen LogP contribution < -0.4 is 9.62 Å². The van der Waals surface area contributed by atoms with Crippen LogP contribution in [-0.4, -0.2) is 43.3 Å². The number of carbonyl (C=O) groups is 2. The van der Waals surface area contributed by atoms with Crippen LogP contribution >= 0.6 is 15.9 Å². The number of sulfonamides is 1. The van der Waals surface area contributed by atoms with Crippen LogP contribution in [0.4, 0.5) is 5.69 Å². The maximum Gasteiger partial charge on any atom is 0.264 e. The van der Waals surface area contributed by atoms with Crippen LogP contribution in [0.25, 0.3) is 0 Å². The highest BCUT2D eigenvalue weighted by molar-refractivity contribution is 9.10. The lowest BCUT2D eigenvalue weighted by atomic mass is 10.1. The molecule has 0 saturated carbocycles. The van der Waals surface area contributed by atoms with Crippen LogP contribution in [0.3, 0.4) is 0 Å². The van der Waals surface area contributed by atoms with Crippen LogP contribution in [0.1, 0.15) is 49.9 Å². The van der Waals surface area contributed by atoms with E-state index in [1.807, 2.05) is 71.9 Å². The predicted octanol–water partition coefficient (Wildman–Crippen LogP) is 5.90. The maximum atomic E-state index is 14.0. The Balaban J connectivity index is 2.07. The van der Waals surface area contributed by atoms with E-state index in [2.05, 4.69) is 21.2 Å². The third kappa shape index (κ3) is 7.95. The van der Waals surface area contributed by atoms with E-state index in [1.165, 1.54) is 4.90 Å². The molecule has 0 aliphatic carbocycles. The van der Waals surface area contributed by atoms with Crippen LogP contribution in [0.15, 0.2) is 76.1 Å². The van der Waals surface area contributed by atoms with E-state index in [0.717, 1.165) is 31.0 Å². The summed E-state index contributed by atoms with van der Waals surface area (Å²) in [7, 11) is -4.11. The van der Waals surface area contributed by atoms with Gasteiger partial charge >= 0.3 is 0 Å². The van der Waals surface area contributed by atoms with Crippen LogP contribution in [0, 0.1) is 20.8 Å². The summed E-state index contributed by atoms with van der Waals surface area (Å²) in [6.07, 6.45) is 0. The van der Waals surface area contributed by atoms with Gasteiger partial charge in [0, 0.05) is 16.6 Å². The fourth-order valence-electron chi connectivity index (χ4n) is 4.14. The lowest BCUT2D eigenvalue weighted by Gasteiger charge is -2.33. The summed E-state index contributed by atoms with van der Waals surface area (Å²) in [5, 5.41) is 2.94. The van der Waals surface area contributed by atoms with Gasteiger partial charge < -0.3 is 10.2 Å². The number of amides is 2. The molecular formula is C31H38BrN3O4S. The second kappa shape index (κ2) is 12.6. The Hall–Kier alpha value is -3.17. The van der Waals surface area contributed by atoms with E-state index in [0.29, 0.717) is 5.69 Å². The number of hydrogen-bond donors (Lipinski definition) is 1. The molecule has 0 spiro atoms. The first-order valence-corrected chi connectivity index (χ1v) is 15.3. The molecule has 9 heteroatoms. The smallest absolute Gasteiger partial charge is 0.264 e. The molecule has 0 heterocycles. The number of rotatable bonds is 9. The summed E-state index contributed by atoms with van der Waals surface area (Å²) in [4.78, 5) is 28.8. The first kappa shape index (κ1) is 31.4. The highest BCUT2D eigenvalue weighted by Crippen LogP contribution is 2.27. The van der Waals surface area contributed by atoms with Crippen molar-refractivity contribution in [3.05, 3.63) is 93.5 Å². The van der Waals surface area contributed by atoms with Crippen molar-refractivity contribution in [1.82, 2.24) is 10.2 Å². The molecule has 3 aromatic carbocycles. The number of halogens is 1. The van der Waals surface area contributed by atoms with E-state index in [-0.39, 0.29) is 17.3 Å². The molecule has 1 N–H and O–H groups in total. The highest BCUT2D eigenvalue weighted by Gasteiger charge is 2.33. The molecule has 0 saturated heterocycles. The average molecular weight is 629 g/mol. The quantitative estimate of drug-likeness (QED) is 0.320. The predicted molar refractivity (Wildman–Crippen MR) is 164 cm³/mol. The van der Waals surface area contributed by atoms with Crippen molar-refractivity contribution in [2.45, 2.75) is 71.5 Å². The molecule has 3 rings (SSSR count). The minimum absolute atomic E-state index is 0.0844. The van der Waals surface area contributed by atoms with Crippen LogP contribution in [0.5, 0.6) is 0 Å². The molecular weight excluding hydrogens is 590 g/mol. The summed E-state index contributed by atoms with van der Waals surface area (Å²) in [6, 6.07) is 18.5. The SMILES string of the molecule is Cc1ccc(S(=O)(=O)N(CC(=O)N(Cc2cccc(Br)c2)C(C)C(=O)NC(C)(C)C)c2ccc(C)c(C)c2)cc1. The molecule has 1 atom stereocenters. The number of carbonyl (C=O) groups excluding carboxylic acids is 2. The van der Waals surface area contributed by atoms with Crippen LogP contribution in [0.2, 0.25) is 0 Å². The van der Waals surface area contributed by atoms with Gasteiger partial charge in [-0.3, -0.25) is 13.9 Å². The molecule has 0 aliphatic rings. The summed E-state index contributed by atoms with van der Waals surface area (Å²) < 4.78 is 29.9. The normalized spacial score (nSPS) is 12.5. The molecule has 1 unspecified atom stereocenters. The second-order valence-corrected chi connectivity index (χ2v) is 13.9. The summed E-state index contributed by atoms with van der Waals surface area (Å²) >= 11 is 3.47. The Morgan fingerprint density at radius 1 is 0.925 bits per heavy atom. The highest BCUT2D eigenvalue weighted by atomic mass is 79.9. The maximum absolute atomic E-state index is 14.0. The van der Waals surface area contributed by atoms with Crippen molar-refractivity contribution in [1.29, 1.82) is 0 Å². The van der Waals surface area contributed by atoms with Gasteiger partial charge in [-0.2, -0.15) is 0 Å². The number of hydrogen-bond acceptors (Lipinski definition) is 4. The summed E-state index contributed by atoms with van der Waals surface area (Å²) in [5.74, 6) is -0.819. The molecule has 2 amide bonds. The Morgan fingerprint density at radius 3 is 2.15 bits per heavy atom. The number of benzene rings is 3. The van der Waals surface area contributed by atoms with Crippen molar-refractivity contribution in [2.75, 3.05) is 10.8 Å². The van der Waals surface area contributed by atoms with E-state index in [9.17, 15) is 18.0 Å². The first-order valence-electron chi connectivity index (χ1n) is 13.1. The largest absolute Gasteiger partial charge is 0.350 e. The lowest BCUT2D eigenvalue weighted by Crippen LogP contribution is -2.54. The standard InChI is InChI=1S/C31H38BrN3O4S/c1-21-11-15-28(16-12-21)40(38,39)35(27-14-13-22(2)23(3)17-27)20-29(36)34(19-25-9-8-10-26(32)18-25)24(4)30(37)33-31(5,6)7/h8-18,24H,19-20H2,1-7H3,(H,33,37). The molecule has 3 aromatic rings. The van der Waals surface area contributed by atoms with E-state index >= 15 is 0 Å². The molecule has 214 valence electrons. The van der Waals surface area contributed by atoms with Gasteiger partial charge in [-0.1, -0.05) is 51.8 Å². The second-order valence-electron chi connectivity index (χ2n) is 11.2. The fraction of sp³-hybridized carbons (Fsp3) is 0.355. The van der Waals surface area contributed by atoms with Crippen LogP contribution in [-0.2, 0) is 26.2 Å². The molecule has 0 bridgehead atoms. The van der Waals surface area contributed by atoms with Crippen molar-refractivity contribution < 1.29 is 18.0 Å². The molecule has 0 aliphatic heterocycles. The molecule has 7 nitrogen and oxygen atoms in total. The van der Waals surface area contributed by atoms with Crippen molar-refractivity contribution in [3.8, 4) is 0 Å². The van der Waals surface area contributed by atoms with Crippen molar-refractivity contribution >= 4 is 43.5 Å². The van der Waals surface area contributed by atoms with Gasteiger partial charge in [0.1, 0.15) is 12.6 Å². The Bertz CT molecular complexity index is 1480. The van der Waals surface area contributed by atoms with E-state index < -0.39 is 34.1 Å². The van der Waals surface area contributed by atoms with Gasteiger partial charge in [0.25, 0.3) is 10.0 Å². The van der Waals surface area contributed by atoms with Gasteiger partial charge in [0.2, 0.25) is 11.8 Å². The third-order valence-corrected chi connectivity index (χ3v) is 8.86. The average Bonchev–Trinajstić information content (AvgIpc) is 2.86. The molecule has 0 radical (unpaired) electrons. The van der Waals surface area contributed by atoms with E-state index in [4.69, 9.17) is 0 Å². The van der Waals surface area contributed by atoms with Crippen molar-refractivity contribution in [2.24, 2.45) is 0 Å². The van der Waals surface area contributed by atoms with Gasteiger partial charge in [-0.05, 0) is 102 Å². The number of nitrogens with zero attached hydrogens (tertiary/aromatic N) is 2. The van der Waals surface area contributed by atoms with Gasteiger partial charge in [0.05, 0.1) is 10.6 Å². The zero-order valence-electron chi connectivity index (χ0n) is 24.2. The topological polar surface area (TPSA) is 86.8 Å². The molecule has 40 heavy (non-hydrogen) atoms. The Kier molecular flexibility index (Phi) is 9.85. The van der Waals surface area contributed by atoms with E-state index in [1.54, 1.807) is 43.3 Å². The van der Waals surface area contributed by atoms with Gasteiger partial charge in [0.15, 0.2) is 0 Å². The lowest BCUT2D eigenvalue weighted by molar-refractivity contribution is -0.140. The zero-order chi connectivity index (χ0) is 29.8. The zero-order valence-corrected chi connectivity index (χ0v) is 26.6. The number of aryl methyl sites for hydroxylation is 3. The first-order chi connectivity index (χ1) is 18.6. The number of anilines is 1. The van der Waals surface area contributed by atoms with Gasteiger partial charge in [-0.25, -0.2) is 8.42 Å². The summed E-state index contributed by atoms with van der Waals surface area (Å²) in [6.45, 7) is 12.6. The van der Waals surface area contributed by atoms with Crippen molar-refractivity contribution in [3.63, 3.8) is 0 Å².